The largest absolute Gasteiger partial charge is 0.573 e. The average molecular weight is 287 g/mol. The fourth-order valence-electron chi connectivity index (χ4n) is 1.18. The van der Waals surface area contributed by atoms with Crippen molar-refractivity contribution in [2.75, 3.05) is 0 Å². The van der Waals surface area contributed by atoms with Gasteiger partial charge in [0.2, 0.25) is 0 Å². The molecule has 0 atom stereocenters. The molecule has 0 amide bonds. The summed E-state index contributed by atoms with van der Waals surface area (Å²) in [5.74, 6) is -1.77. The lowest BCUT2D eigenvalue weighted by Crippen LogP contribution is -2.20. The van der Waals surface area contributed by atoms with Crippen LogP contribution in [0.4, 0.5) is 22.0 Å². The molecule has 0 spiro atoms. The van der Waals surface area contributed by atoms with E-state index < -0.39 is 41.2 Å². The molecule has 1 heterocycles. The fourth-order valence-corrected chi connectivity index (χ4v) is 1.37. The van der Waals surface area contributed by atoms with Gasteiger partial charge in [0.05, 0.1) is 22.7 Å². The maximum Gasteiger partial charge on any atom is 0.573 e. The monoisotopic (exact) mass is 286 g/mol. The van der Waals surface area contributed by atoms with Gasteiger partial charge in [-0.3, -0.25) is 4.98 Å². The first-order valence-corrected chi connectivity index (χ1v) is 4.85. The van der Waals surface area contributed by atoms with E-state index in [1.54, 1.807) is 0 Å². The molecule has 1 rings (SSSR count). The summed E-state index contributed by atoms with van der Waals surface area (Å²) in [4.78, 5) is 3.38. The summed E-state index contributed by atoms with van der Waals surface area (Å²) in [7, 11) is 0. The highest BCUT2D eigenvalue weighted by atomic mass is 35.5. The number of nitriles is 1. The summed E-state index contributed by atoms with van der Waals surface area (Å²) in [6.07, 6.45) is -7.77. The van der Waals surface area contributed by atoms with Crippen molar-refractivity contribution in [2.24, 2.45) is 0 Å². The highest BCUT2D eigenvalue weighted by Gasteiger charge is 2.36. The number of alkyl halides is 6. The summed E-state index contributed by atoms with van der Waals surface area (Å²) >= 11 is 5.30. The summed E-state index contributed by atoms with van der Waals surface area (Å²) < 4.78 is 65.2. The highest BCUT2D eigenvalue weighted by Crippen LogP contribution is 2.37. The van der Waals surface area contributed by atoms with Crippen molar-refractivity contribution in [1.29, 1.82) is 5.26 Å². The molecule has 0 radical (unpaired) electrons. The molecule has 9 heteroatoms. The van der Waals surface area contributed by atoms with Crippen molar-refractivity contribution >= 4 is 11.6 Å². The molecule has 0 saturated carbocycles. The Kier molecular flexibility index (Phi) is 4.29. The van der Waals surface area contributed by atoms with E-state index in [9.17, 15) is 22.0 Å². The van der Waals surface area contributed by atoms with Gasteiger partial charge in [0, 0.05) is 6.20 Å². The number of hydrogen-bond donors (Lipinski definition) is 0. The molecular formula is C9H4ClF5N2O. The van der Waals surface area contributed by atoms with Crippen LogP contribution >= 0.6 is 11.6 Å². The molecule has 18 heavy (non-hydrogen) atoms. The van der Waals surface area contributed by atoms with Crippen LogP contribution in [-0.4, -0.2) is 11.3 Å². The lowest BCUT2D eigenvalue weighted by molar-refractivity contribution is -0.275. The van der Waals surface area contributed by atoms with Crippen molar-refractivity contribution in [3.8, 4) is 11.8 Å². The third-order valence-corrected chi connectivity index (χ3v) is 2.08. The maximum atomic E-state index is 12.7. The molecule has 1 aromatic heterocycles. The predicted octanol–water partition coefficient (Wildman–Crippen LogP) is 3.53. The molecule has 1 aromatic rings. The topological polar surface area (TPSA) is 45.9 Å². The molecule has 0 saturated heterocycles. The number of aromatic nitrogens is 1. The minimum absolute atomic E-state index is 0.511. The second-order valence-corrected chi connectivity index (χ2v) is 3.22. The minimum Gasteiger partial charge on any atom is -0.403 e. The number of halogens is 6. The Morgan fingerprint density at radius 1 is 1.44 bits per heavy atom. The molecule has 3 nitrogen and oxygen atoms in total. The minimum atomic E-state index is -5.18. The van der Waals surface area contributed by atoms with Crippen LogP contribution in [0.25, 0.3) is 0 Å². The van der Waals surface area contributed by atoms with Crippen molar-refractivity contribution in [1.82, 2.24) is 4.98 Å². The molecule has 0 fully saturated rings. The van der Waals surface area contributed by atoms with Gasteiger partial charge in [-0.1, -0.05) is 0 Å². The highest BCUT2D eigenvalue weighted by molar-refractivity contribution is 6.17. The first-order valence-electron chi connectivity index (χ1n) is 4.32. The second kappa shape index (κ2) is 5.35. The van der Waals surface area contributed by atoms with Crippen molar-refractivity contribution in [2.45, 2.75) is 18.7 Å². The van der Waals surface area contributed by atoms with E-state index in [4.69, 9.17) is 16.9 Å². The van der Waals surface area contributed by atoms with Gasteiger partial charge in [-0.05, 0) is 0 Å². The van der Waals surface area contributed by atoms with E-state index >= 15 is 0 Å². The lowest BCUT2D eigenvalue weighted by Gasteiger charge is -2.16. The quantitative estimate of drug-likeness (QED) is 0.631. The molecule has 0 aliphatic heterocycles. The van der Waals surface area contributed by atoms with Crippen LogP contribution in [0.5, 0.6) is 5.75 Å². The molecule has 98 valence electrons. The number of ether oxygens (including phenoxy) is 1. The van der Waals surface area contributed by atoms with Gasteiger partial charge in [0.1, 0.15) is 6.07 Å². The lowest BCUT2D eigenvalue weighted by atomic mass is 10.1. The smallest absolute Gasteiger partial charge is 0.403 e. The maximum absolute atomic E-state index is 12.7. The predicted molar refractivity (Wildman–Crippen MR) is 50.1 cm³/mol. The second-order valence-electron chi connectivity index (χ2n) is 2.96. The van der Waals surface area contributed by atoms with Crippen molar-refractivity contribution in [3.63, 3.8) is 0 Å². The Labute approximate surface area is 103 Å². The number of rotatable bonds is 3. The molecular weight excluding hydrogens is 283 g/mol. The van der Waals surface area contributed by atoms with Gasteiger partial charge in [0.25, 0.3) is 6.43 Å². The first-order chi connectivity index (χ1) is 8.30. The molecule has 0 aliphatic carbocycles. The van der Waals surface area contributed by atoms with Crippen LogP contribution in [0.15, 0.2) is 6.20 Å². The molecule has 0 aliphatic rings. The van der Waals surface area contributed by atoms with Gasteiger partial charge < -0.3 is 4.74 Å². The number of nitrogens with zero attached hydrogens (tertiary/aromatic N) is 2. The van der Waals surface area contributed by atoms with E-state index in [2.05, 4.69) is 9.72 Å². The third kappa shape index (κ3) is 3.20. The summed E-state index contributed by atoms with van der Waals surface area (Å²) in [6, 6.07) is 1.32. The van der Waals surface area contributed by atoms with E-state index in [1.807, 2.05) is 0 Å². The van der Waals surface area contributed by atoms with E-state index in [-0.39, 0.29) is 0 Å². The zero-order valence-electron chi connectivity index (χ0n) is 8.43. The zero-order chi connectivity index (χ0) is 13.9. The number of hydrogen-bond acceptors (Lipinski definition) is 3. The summed E-state index contributed by atoms with van der Waals surface area (Å²) in [6.45, 7) is 0. The van der Waals surface area contributed by atoms with Gasteiger partial charge in [0.15, 0.2) is 5.75 Å². The molecule has 0 bridgehead atoms. The van der Waals surface area contributed by atoms with E-state index in [0.29, 0.717) is 0 Å². The fraction of sp³-hybridized carbons (Fsp3) is 0.333. The van der Waals surface area contributed by atoms with Crippen LogP contribution in [0.3, 0.4) is 0 Å². The SMILES string of the molecule is N#Cc1cnc(CCl)c(OC(F)(F)F)c1C(F)F. The number of pyridine rings is 1. The van der Waals surface area contributed by atoms with Gasteiger partial charge in [-0.15, -0.1) is 24.8 Å². The Hall–Kier alpha value is -1.62. The van der Waals surface area contributed by atoms with Gasteiger partial charge in [-0.2, -0.15) is 5.26 Å². The summed E-state index contributed by atoms with van der Waals surface area (Å²) in [5, 5.41) is 8.56. The van der Waals surface area contributed by atoms with E-state index in [0.717, 1.165) is 6.20 Å². The molecule has 0 N–H and O–H groups in total. The Bertz CT molecular complexity index is 483. The van der Waals surface area contributed by atoms with Crippen LogP contribution in [-0.2, 0) is 5.88 Å². The molecule has 0 aromatic carbocycles. The standard InChI is InChI=1S/C9H4ClF5N2O/c10-1-5-7(18-9(13,14)15)6(8(11)12)4(2-16)3-17-5/h3,8H,1H2. The van der Waals surface area contributed by atoms with Gasteiger partial charge >= 0.3 is 6.36 Å². The van der Waals surface area contributed by atoms with Crippen molar-refractivity contribution in [3.05, 3.63) is 23.0 Å². The van der Waals surface area contributed by atoms with Crippen LogP contribution < -0.4 is 4.74 Å². The Morgan fingerprint density at radius 2 is 2.06 bits per heavy atom. The van der Waals surface area contributed by atoms with Crippen LogP contribution in [0.2, 0.25) is 0 Å². The third-order valence-electron chi connectivity index (χ3n) is 1.83. The average Bonchev–Trinajstić information content (AvgIpc) is 2.25. The summed E-state index contributed by atoms with van der Waals surface area (Å²) in [5.41, 5.74) is -2.37. The Balaban J connectivity index is 3.46. The normalized spacial score (nSPS) is 11.4. The Morgan fingerprint density at radius 3 is 2.44 bits per heavy atom. The zero-order valence-corrected chi connectivity index (χ0v) is 9.19. The van der Waals surface area contributed by atoms with Gasteiger partial charge in [-0.25, -0.2) is 8.78 Å². The molecule has 0 unspecified atom stereocenters. The van der Waals surface area contributed by atoms with E-state index in [1.165, 1.54) is 6.07 Å². The van der Waals surface area contributed by atoms with Crippen LogP contribution in [0, 0.1) is 11.3 Å². The van der Waals surface area contributed by atoms with Crippen molar-refractivity contribution < 1.29 is 26.7 Å². The van der Waals surface area contributed by atoms with Crippen LogP contribution in [0.1, 0.15) is 23.2 Å². The first kappa shape index (κ1) is 14.4.